The second-order valence-electron chi connectivity index (χ2n) is 4.63. The van der Waals surface area contributed by atoms with Crippen molar-refractivity contribution in [2.24, 2.45) is 0 Å². The smallest absolute Gasteiger partial charge is 0.228 e. The number of unbranched alkanes of at least 4 members (excludes halogenated alkanes) is 1. The van der Waals surface area contributed by atoms with Crippen molar-refractivity contribution in [3.63, 3.8) is 0 Å². The summed E-state index contributed by atoms with van der Waals surface area (Å²) in [4.78, 5) is 19.9. The number of likely N-dealkylation sites (N-methyl/N-ethyl adjacent to an activating group) is 1. The summed E-state index contributed by atoms with van der Waals surface area (Å²) in [5.41, 5.74) is 0.887. The van der Waals surface area contributed by atoms with Crippen LogP contribution in [0.3, 0.4) is 0 Å². The summed E-state index contributed by atoms with van der Waals surface area (Å²) in [5.74, 6) is 0.184. The number of rotatable bonds is 7. The molecule has 0 spiro atoms. The van der Waals surface area contributed by atoms with Gasteiger partial charge >= 0.3 is 0 Å². The molecule has 0 aliphatic rings. The van der Waals surface area contributed by atoms with Crippen molar-refractivity contribution in [3.05, 3.63) is 28.6 Å². The molecule has 0 unspecified atom stereocenters. The van der Waals surface area contributed by atoms with Crippen LogP contribution in [0.4, 0.5) is 0 Å². The number of hydrogen-bond donors (Lipinski definition) is 0. The molecule has 5 heteroatoms. The lowest BCUT2D eigenvalue weighted by atomic mass is 10.2. The van der Waals surface area contributed by atoms with E-state index < -0.39 is 0 Å². The van der Waals surface area contributed by atoms with Gasteiger partial charge in [-0.3, -0.25) is 4.79 Å². The molecule has 0 aliphatic carbocycles. The molecular formula is C15H20N2OS2. The summed E-state index contributed by atoms with van der Waals surface area (Å²) in [6.45, 7) is 5.81. The van der Waals surface area contributed by atoms with Crippen molar-refractivity contribution < 1.29 is 4.79 Å². The van der Waals surface area contributed by atoms with E-state index in [1.807, 2.05) is 28.7 Å². The summed E-state index contributed by atoms with van der Waals surface area (Å²) in [7, 11) is 0. The zero-order chi connectivity index (χ0) is 14.4. The van der Waals surface area contributed by atoms with Crippen molar-refractivity contribution >= 4 is 28.6 Å². The van der Waals surface area contributed by atoms with Gasteiger partial charge in [-0.15, -0.1) is 22.7 Å². The minimum Gasteiger partial charge on any atom is -0.343 e. The summed E-state index contributed by atoms with van der Waals surface area (Å²) < 4.78 is 0. The van der Waals surface area contributed by atoms with Gasteiger partial charge < -0.3 is 4.90 Å². The van der Waals surface area contributed by atoms with Gasteiger partial charge in [0.2, 0.25) is 5.91 Å². The molecule has 0 saturated carbocycles. The molecule has 0 atom stereocenters. The molecule has 0 N–H and O–H groups in total. The van der Waals surface area contributed by atoms with Crippen LogP contribution in [0.5, 0.6) is 0 Å². The lowest BCUT2D eigenvalue weighted by molar-refractivity contribution is -0.130. The van der Waals surface area contributed by atoms with Gasteiger partial charge in [-0.2, -0.15) is 0 Å². The standard InChI is InChI=1S/C15H20N2OS2/c1-3-5-8-17(4-2)14(18)10-12-11-20-15(16-12)13-7-6-9-19-13/h6-7,9,11H,3-5,8,10H2,1-2H3. The molecule has 3 nitrogen and oxygen atoms in total. The van der Waals surface area contributed by atoms with Gasteiger partial charge in [0.15, 0.2) is 0 Å². The molecule has 1 amide bonds. The average molecular weight is 308 g/mol. The fourth-order valence-corrected chi connectivity index (χ4v) is 3.61. The zero-order valence-electron chi connectivity index (χ0n) is 12.0. The molecule has 2 aromatic rings. The first-order valence-electron chi connectivity index (χ1n) is 7.00. The maximum atomic E-state index is 12.2. The molecule has 0 bridgehead atoms. The maximum Gasteiger partial charge on any atom is 0.228 e. The first kappa shape index (κ1) is 15.2. The Labute approximate surface area is 128 Å². The maximum absolute atomic E-state index is 12.2. The highest BCUT2D eigenvalue weighted by Gasteiger charge is 2.14. The van der Waals surface area contributed by atoms with E-state index in [4.69, 9.17) is 0 Å². The van der Waals surface area contributed by atoms with Gasteiger partial charge in [-0.25, -0.2) is 4.98 Å². The predicted octanol–water partition coefficient (Wildman–Crippen LogP) is 4.06. The molecule has 2 aromatic heterocycles. The van der Waals surface area contributed by atoms with Crippen LogP contribution >= 0.6 is 22.7 Å². The highest BCUT2D eigenvalue weighted by atomic mass is 32.1. The third kappa shape index (κ3) is 3.90. The van der Waals surface area contributed by atoms with E-state index in [1.54, 1.807) is 22.7 Å². The van der Waals surface area contributed by atoms with E-state index >= 15 is 0 Å². The van der Waals surface area contributed by atoms with Gasteiger partial charge in [-0.05, 0) is 24.8 Å². The Balaban J connectivity index is 1.97. The Hall–Kier alpha value is -1.20. The van der Waals surface area contributed by atoms with Crippen molar-refractivity contribution in [2.45, 2.75) is 33.1 Å². The van der Waals surface area contributed by atoms with Gasteiger partial charge in [-0.1, -0.05) is 19.4 Å². The fraction of sp³-hybridized carbons (Fsp3) is 0.467. The second kappa shape index (κ2) is 7.55. The first-order valence-corrected chi connectivity index (χ1v) is 8.76. The molecular weight excluding hydrogens is 288 g/mol. The third-order valence-electron chi connectivity index (χ3n) is 3.13. The van der Waals surface area contributed by atoms with Crippen LogP contribution < -0.4 is 0 Å². The highest BCUT2D eigenvalue weighted by Crippen LogP contribution is 2.27. The van der Waals surface area contributed by atoms with Gasteiger partial charge in [0.25, 0.3) is 0 Å². The molecule has 2 heterocycles. The molecule has 0 saturated heterocycles. The minimum absolute atomic E-state index is 0.184. The third-order valence-corrected chi connectivity index (χ3v) is 5.06. The number of thiazole rings is 1. The van der Waals surface area contributed by atoms with E-state index in [0.717, 1.165) is 36.6 Å². The zero-order valence-corrected chi connectivity index (χ0v) is 13.6. The van der Waals surface area contributed by atoms with Gasteiger partial charge in [0.1, 0.15) is 5.01 Å². The molecule has 0 radical (unpaired) electrons. The van der Waals surface area contributed by atoms with Crippen LogP contribution in [0.2, 0.25) is 0 Å². The molecule has 20 heavy (non-hydrogen) atoms. The SMILES string of the molecule is CCCCN(CC)C(=O)Cc1csc(-c2cccs2)n1. The quantitative estimate of drug-likeness (QED) is 0.772. The van der Waals surface area contributed by atoms with Crippen LogP contribution in [0.1, 0.15) is 32.4 Å². The van der Waals surface area contributed by atoms with E-state index in [9.17, 15) is 4.79 Å². The number of carbonyl (C=O) groups excluding carboxylic acids is 1. The van der Waals surface area contributed by atoms with E-state index in [0.29, 0.717) is 6.42 Å². The first-order chi connectivity index (χ1) is 9.74. The van der Waals surface area contributed by atoms with Crippen LogP contribution in [0, 0.1) is 0 Å². The predicted molar refractivity (Wildman–Crippen MR) is 86.3 cm³/mol. The van der Waals surface area contributed by atoms with Crippen LogP contribution in [0.25, 0.3) is 9.88 Å². The van der Waals surface area contributed by atoms with Gasteiger partial charge in [0, 0.05) is 18.5 Å². The Morgan fingerprint density at radius 3 is 2.85 bits per heavy atom. The lowest BCUT2D eigenvalue weighted by Crippen LogP contribution is -2.33. The minimum atomic E-state index is 0.184. The van der Waals surface area contributed by atoms with Crippen LogP contribution in [0.15, 0.2) is 22.9 Å². The normalized spacial score (nSPS) is 10.7. The summed E-state index contributed by atoms with van der Waals surface area (Å²) in [6.07, 6.45) is 2.60. The number of nitrogens with zero attached hydrogens (tertiary/aromatic N) is 2. The van der Waals surface area contributed by atoms with E-state index in [1.165, 1.54) is 4.88 Å². The number of thiophene rings is 1. The summed E-state index contributed by atoms with van der Waals surface area (Å²) in [6, 6.07) is 4.09. The molecule has 0 fully saturated rings. The van der Waals surface area contributed by atoms with Crippen molar-refractivity contribution in [3.8, 4) is 9.88 Å². The van der Waals surface area contributed by atoms with Crippen molar-refractivity contribution in [2.75, 3.05) is 13.1 Å². The van der Waals surface area contributed by atoms with Crippen molar-refractivity contribution in [1.29, 1.82) is 0 Å². The Morgan fingerprint density at radius 2 is 2.20 bits per heavy atom. The number of aromatic nitrogens is 1. The number of amides is 1. The average Bonchev–Trinajstić information content (AvgIpc) is 3.09. The van der Waals surface area contributed by atoms with Crippen molar-refractivity contribution in [1.82, 2.24) is 9.88 Å². The van der Waals surface area contributed by atoms with E-state index in [2.05, 4.69) is 18.0 Å². The highest BCUT2D eigenvalue weighted by molar-refractivity contribution is 7.20. The van der Waals surface area contributed by atoms with Crippen LogP contribution in [-0.2, 0) is 11.2 Å². The monoisotopic (exact) mass is 308 g/mol. The fourth-order valence-electron chi connectivity index (χ4n) is 1.98. The number of carbonyl (C=O) groups is 1. The van der Waals surface area contributed by atoms with Crippen LogP contribution in [-0.4, -0.2) is 28.9 Å². The van der Waals surface area contributed by atoms with Gasteiger partial charge in [0.05, 0.1) is 17.0 Å². The van der Waals surface area contributed by atoms with E-state index in [-0.39, 0.29) is 5.91 Å². The molecule has 2 rings (SSSR count). The Bertz CT molecular complexity index is 534. The Kier molecular flexibility index (Phi) is 5.73. The number of hydrogen-bond acceptors (Lipinski definition) is 4. The largest absolute Gasteiger partial charge is 0.343 e. The lowest BCUT2D eigenvalue weighted by Gasteiger charge is -2.20. The molecule has 0 aliphatic heterocycles. The second-order valence-corrected chi connectivity index (χ2v) is 6.43. The topological polar surface area (TPSA) is 33.2 Å². The summed E-state index contributed by atoms with van der Waals surface area (Å²) >= 11 is 3.30. The summed E-state index contributed by atoms with van der Waals surface area (Å²) in [5, 5.41) is 5.06. The molecule has 108 valence electrons. The Morgan fingerprint density at radius 1 is 1.35 bits per heavy atom. The molecule has 0 aromatic carbocycles.